The molecule has 0 aromatic heterocycles. The van der Waals surface area contributed by atoms with Crippen LogP contribution < -0.4 is 5.73 Å². The van der Waals surface area contributed by atoms with Crippen LogP contribution in [0.1, 0.15) is 25.8 Å². The van der Waals surface area contributed by atoms with Crippen LogP contribution in [0.4, 0.5) is 0 Å². The minimum atomic E-state index is -3.44. The number of nitrogens with two attached hydrogens (primary N) is 1. The molecule has 2 unspecified atom stereocenters. The van der Waals surface area contributed by atoms with Gasteiger partial charge in [0.15, 0.2) is 0 Å². The molecule has 5 nitrogen and oxygen atoms in total. The lowest BCUT2D eigenvalue weighted by Crippen LogP contribution is -2.48. The van der Waals surface area contributed by atoms with Gasteiger partial charge in [-0.1, -0.05) is 12.1 Å². The zero-order valence-corrected chi connectivity index (χ0v) is 13.5. The number of hydrogen-bond donors (Lipinski definition) is 1. The van der Waals surface area contributed by atoms with E-state index < -0.39 is 10.0 Å². The molecule has 118 valence electrons. The Hall–Kier alpha value is -0.950. The molecule has 21 heavy (non-hydrogen) atoms. The Morgan fingerprint density at radius 1 is 1.19 bits per heavy atom. The van der Waals surface area contributed by atoms with Gasteiger partial charge in [0.1, 0.15) is 0 Å². The van der Waals surface area contributed by atoms with Crippen LogP contribution in [-0.2, 0) is 21.2 Å². The molecule has 0 saturated carbocycles. The highest BCUT2D eigenvalue weighted by Crippen LogP contribution is 2.21. The maximum absolute atomic E-state index is 12.7. The fourth-order valence-electron chi connectivity index (χ4n) is 2.61. The second kappa shape index (κ2) is 6.87. The van der Waals surface area contributed by atoms with E-state index in [-0.39, 0.29) is 12.2 Å². The highest BCUT2D eigenvalue weighted by Gasteiger charge is 2.31. The van der Waals surface area contributed by atoms with Gasteiger partial charge in [-0.05, 0) is 50.9 Å². The Morgan fingerprint density at radius 2 is 1.76 bits per heavy atom. The summed E-state index contributed by atoms with van der Waals surface area (Å²) in [5, 5.41) is 0. The van der Waals surface area contributed by atoms with E-state index in [2.05, 4.69) is 0 Å². The van der Waals surface area contributed by atoms with Crippen LogP contribution in [0.15, 0.2) is 29.2 Å². The highest BCUT2D eigenvalue weighted by molar-refractivity contribution is 7.89. The summed E-state index contributed by atoms with van der Waals surface area (Å²) in [6.07, 6.45) is 1.63. The SMILES string of the molecule is CC1CN(S(=O)(=O)c2ccc(CCCN)cc2)CC(C)O1. The summed E-state index contributed by atoms with van der Waals surface area (Å²) in [5.41, 5.74) is 6.60. The first-order valence-corrected chi connectivity index (χ1v) is 8.82. The molecule has 2 atom stereocenters. The summed E-state index contributed by atoms with van der Waals surface area (Å²) >= 11 is 0. The third-order valence-electron chi connectivity index (χ3n) is 3.62. The standard InChI is InChI=1S/C15H24N2O3S/c1-12-10-17(11-13(2)20-12)21(18,19)15-7-5-14(6-8-15)4-3-9-16/h5-8,12-13H,3-4,9-11,16H2,1-2H3. The fourth-order valence-corrected chi connectivity index (χ4v) is 4.20. The third kappa shape index (κ3) is 4.03. The average molecular weight is 312 g/mol. The van der Waals surface area contributed by atoms with Gasteiger partial charge >= 0.3 is 0 Å². The molecule has 0 radical (unpaired) electrons. The Labute approximate surface area is 127 Å². The van der Waals surface area contributed by atoms with Gasteiger partial charge in [-0.15, -0.1) is 0 Å². The van der Waals surface area contributed by atoms with Crippen LogP contribution in [0.25, 0.3) is 0 Å². The molecule has 1 saturated heterocycles. The average Bonchev–Trinajstić information content (AvgIpc) is 2.44. The molecular weight excluding hydrogens is 288 g/mol. The maximum Gasteiger partial charge on any atom is 0.243 e. The van der Waals surface area contributed by atoms with Gasteiger partial charge in [0.05, 0.1) is 17.1 Å². The van der Waals surface area contributed by atoms with Crippen LogP contribution in [0.3, 0.4) is 0 Å². The maximum atomic E-state index is 12.7. The lowest BCUT2D eigenvalue weighted by molar-refractivity contribution is -0.0440. The topological polar surface area (TPSA) is 72.6 Å². The summed E-state index contributed by atoms with van der Waals surface area (Å²) in [6.45, 7) is 5.25. The van der Waals surface area contributed by atoms with E-state index in [0.717, 1.165) is 18.4 Å². The van der Waals surface area contributed by atoms with Crippen molar-refractivity contribution in [3.8, 4) is 0 Å². The third-order valence-corrected chi connectivity index (χ3v) is 5.46. The van der Waals surface area contributed by atoms with Crippen molar-refractivity contribution in [2.75, 3.05) is 19.6 Å². The first-order chi connectivity index (χ1) is 9.93. The van der Waals surface area contributed by atoms with Crippen LogP contribution in [0, 0.1) is 0 Å². The first kappa shape index (κ1) is 16.4. The largest absolute Gasteiger partial charge is 0.373 e. The number of aryl methyl sites for hydroxylation is 1. The number of sulfonamides is 1. The van der Waals surface area contributed by atoms with E-state index in [1.54, 1.807) is 12.1 Å². The zero-order chi connectivity index (χ0) is 15.5. The van der Waals surface area contributed by atoms with Crippen molar-refractivity contribution >= 4 is 10.0 Å². The molecule has 1 heterocycles. The zero-order valence-electron chi connectivity index (χ0n) is 12.7. The molecule has 2 rings (SSSR count). The molecule has 1 aliphatic rings. The molecule has 6 heteroatoms. The number of morpholine rings is 1. The normalized spacial score (nSPS) is 24.1. The van der Waals surface area contributed by atoms with Gasteiger partial charge in [0.25, 0.3) is 0 Å². The molecule has 0 aliphatic carbocycles. The van der Waals surface area contributed by atoms with Crippen LogP contribution >= 0.6 is 0 Å². The summed E-state index contributed by atoms with van der Waals surface area (Å²) < 4.78 is 32.4. The van der Waals surface area contributed by atoms with Crippen LogP contribution in [0.2, 0.25) is 0 Å². The van der Waals surface area contributed by atoms with Crippen molar-refractivity contribution in [2.24, 2.45) is 5.73 Å². The van der Waals surface area contributed by atoms with E-state index in [4.69, 9.17) is 10.5 Å². The van der Waals surface area contributed by atoms with Crippen molar-refractivity contribution in [3.63, 3.8) is 0 Å². The van der Waals surface area contributed by atoms with Crippen molar-refractivity contribution < 1.29 is 13.2 Å². The van der Waals surface area contributed by atoms with Crippen molar-refractivity contribution in [3.05, 3.63) is 29.8 Å². The summed E-state index contributed by atoms with van der Waals surface area (Å²) in [4.78, 5) is 0.347. The van der Waals surface area contributed by atoms with Crippen molar-refractivity contribution in [2.45, 2.75) is 43.8 Å². The molecule has 0 bridgehead atoms. The van der Waals surface area contributed by atoms with Gasteiger partial charge in [0, 0.05) is 13.1 Å². The van der Waals surface area contributed by atoms with E-state index in [9.17, 15) is 8.42 Å². The lowest BCUT2D eigenvalue weighted by Gasteiger charge is -2.34. The Bertz CT molecular complexity index is 547. The van der Waals surface area contributed by atoms with Gasteiger partial charge in [-0.2, -0.15) is 4.31 Å². The fraction of sp³-hybridized carbons (Fsp3) is 0.600. The van der Waals surface area contributed by atoms with Crippen LogP contribution in [0.5, 0.6) is 0 Å². The minimum Gasteiger partial charge on any atom is -0.373 e. The summed E-state index contributed by atoms with van der Waals surface area (Å²) in [6, 6.07) is 7.11. The van der Waals surface area contributed by atoms with E-state index in [0.29, 0.717) is 24.5 Å². The van der Waals surface area contributed by atoms with E-state index >= 15 is 0 Å². The molecule has 1 aromatic rings. The molecule has 1 aromatic carbocycles. The molecule has 0 amide bonds. The monoisotopic (exact) mass is 312 g/mol. The van der Waals surface area contributed by atoms with Gasteiger partial charge in [0.2, 0.25) is 10.0 Å². The van der Waals surface area contributed by atoms with E-state index in [1.165, 1.54) is 4.31 Å². The number of ether oxygens (including phenoxy) is 1. The Morgan fingerprint density at radius 3 is 2.29 bits per heavy atom. The minimum absolute atomic E-state index is 0.0765. The van der Waals surface area contributed by atoms with Gasteiger partial charge in [-0.3, -0.25) is 0 Å². The number of benzene rings is 1. The number of hydrogen-bond acceptors (Lipinski definition) is 4. The molecule has 1 fully saturated rings. The molecule has 0 spiro atoms. The Kier molecular flexibility index (Phi) is 5.37. The predicted octanol–water partition coefficient (Wildman–Crippen LogP) is 1.38. The quantitative estimate of drug-likeness (QED) is 0.891. The first-order valence-electron chi connectivity index (χ1n) is 7.38. The number of rotatable bonds is 5. The highest BCUT2D eigenvalue weighted by atomic mass is 32.2. The smallest absolute Gasteiger partial charge is 0.243 e. The molecule has 1 aliphatic heterocycles. The number of nitrogens with zero attached hydrogens (tertiary/aromatic N) is 1. The molecular formula is C15H24N2O3S. The van der Waals surface area contributed by atoms with Crippen molar-refractivity contribution in [1.29, 1.82) is 0 Å². The Balaban J connectivity index is 2.15. The van der Waals surface area contributed by atoms with E-state index in [1.807, 2.05) is 26.0 Å². The summed E-state index contributed by atoms with van der Waals surface area (Å²) in [7, 11) is -3.44. The lowest BCUT2D eigenvalue weighted by atomic mass is 10.1. The van der Waals surface area contributed by atoms with Gasteiger partial charge in [-0.25, -0.2) is 8.42 Å². The molecule has 2 N–H and O–H groups in total. The predicted molar refractivity (Wildman–Crippen MR) is 82.6 cm³/mol. The second-order valence-electron chi connectivity index (χ2n) is 5.62. The second-order valence-corrected chi connectivity index (χ2v) is 7.55. The summed E-state index contributed by atoms with van der Waals surface area (Å²) in [5.74, 6) is 0. The van der Waals surface area contributed by atoms with Crippen molar-refractivity contribution in [1.82, 2.24) is 4.31 Å². The van der Waals surface area contributed by atoms with Crippen LogP contribution in [-0.4, -0.2) is 44.6 Å². The van der Waals surface area contributed by atoms with Gasteiger partial charge < -0.3 is 10.5 Å².